The van der Waals surface area contributed by atoms with Gasteiger partial charge in [-0.3, -0.25) is 0 Å². The largest absolute Gasteiger partial charge is 0.496 e. The van der Waals surface area contributed by atoms with Gasteiger partial charge in [0.15, 0.2) is 17.2 Å². The van der Waals surface area contributed by atoms with Crippen molar-refractivity contribution in [3.63, 3.8) is 0 Å². The Balaban J connectivity index is 2.04. The van der Waals surface area contributed by atoms with E-state index in [0.29, 0.717) is 28.7 Å². The van der Waals surface area contributed by atoms with Gasteiger partial charge in [0.1, 0.15) is 5.75 Å². The Kier molecular flexibility index (Phi) is 4.93. The first-order chi connectivity index (χ1) is 12.6. The van der Waals surface area contributed by atoms with Gasteiger partial charge >= 0.3 is 5.97 Å². The third kappa shape index (κ3) is 3.26. The highest BCUT2D eigenvalue weighted by Crippen LogP contribution is 2.36. The van der Waals surface area contributed by atoms with Gasteiger partial charge in [0.25, 0.3) is 0 Å². The molecule has 0 N–H and O–H groups in total. The predicted molar refractivity (Wildman–Crippen MR) is 97.9 cm³/mol. The summed E-state index contributed by atoms with van der Waals surface area (Å²) in [6.07, 6.45) is 1.61. The molecular formula is C20H19NO5. The number of esters is 1. The summed E-state index contributed by atoms with van der Waals surface area (Å²) < 4.78 is 21.3. The Morgan fingerprint density at radius 1 is 0.962 bits per heavy atom. The molecule has 0 spiro atoms. The van der Waals surface area contributed by atoms with E-state index in [9.17, 15) is 4.79 Å². The zero-order valence-electron chi connectivity index (χ0n) is 15.0. The molecule has 0 aromatic heterocycles. The number of rotatable bonds is 5. The minimum absolute atomic E-state index is 0.189. The first kappa shape index (κ1) is 17.5. The van der Waals surface area contributed by atoms with Crippen LogP contribution in [-0.2, 0) is 9.53 Å². The van der Waals surface area contributed by atoms with Gasteiger partial charge in [0.05, 0.1) is 21.3 Å². The van der Waals surface area contributed by atoms with Gasteiger partial charge in [-0.2, -0.15) is 0 Å². The van der Waals surface area contributed by atoms with Crippen molar-refractivity contribution in [3.8, 4) is 17.2 Å². The number of cyclic esters (lactones) is 1. The molecular weight excluding hydrogens is 334 g/mol. The monoisotopic (exact) mass is 353 g/mol. The van der Waals surface area contributed by atoms with E-state index in [1.807, 2.05) is 31.2 Å². The molecule has 6 nitrogen and oxygen atoms in total. The zero-order valence-corrected chi connectivity index (χ0v) is 15.0. The number of hydrogen-bond donors (Lipinski definition) is 0. The van der Waals surface area contributed by atoms with E-state index < -0.39 is 5.97 Å². The number of aryl methyl sites for hydroxylation is 1. The first-order valence-corrected chi connectivity index (χ1v) is 7.96. The average Bonchev–Trinajstić information content (AvgIpc) is 3.01. The molecule has 0 fully saturated rings. The van der Waals surface area contributed by atoms with Gasteiger partial charge in [-0.1, -0.05) is 18.2 Å². The topological polar surface area (TPSA) is 66.3 Å². The second kappa shape index (κ2) is 7.31. The molecule has 2 aromatic carbocycles. The normalized spacial score (nSPS) is 14.8. The molecule has 1 heterocycles. The molecule has 1 aliphatic rings. The molecule has 1 aliphatic heterocycles. The molecule has 0 atom stereocenters. The van der Waals surface area contributed by atoms with Crippen molar-refractivity contribution in [2.24, 2.45) is 4.99 Å². The number of carbonyl (C=O) groups excluding carboxylic acids is 1. The molecule has 134 valence electrons. The second-order valence-corrected chi connectivity index (χ2v) is 5.60. The third-order valence-electron chi connectivity index (χ3n) is 4.02. The zero-order chi connectivity index (χ0) is 18.7. The Morgan fingerprint density at radius 3 is 2.27 bits per heavy atom. The molecule has 6 heteroatoms. The maximum atomic E-state index is 12.2. The fourth-order valence-electron chi connectivity index (χ4n) is 2.65. The van der Waals surface area contributed by atoms with Crippen LogP contribution in [0.25, 0.3) is 6.08 Å². The van der Waals surface area contributed by atoms with Crippen molar-refractivity contribution in [3.05, 3.63) is 58.8 Å². The number of carbonyl (C=O) groups is 1. The van der Waals surface area contributed by atoms with Crippen LogP contribution in [0.4, 0.5) is 0 Å². The van der Waals surface area contributed by atoms with E-state index in [1.165, 1.54) is 7.11 Å². The number of methoxy groups -OCH3 is 3. The smallest absolute Gasteiger partial charge is 0.363 e. The molecule has 0 amide bonds. The summed E-state index contributed by atoms with van der Waals surface area (Å²) in [6, 6.07) is 11.0. The maximum Gasteiger partial charge on any atom is 0.363 e. The molecule has 3 rings (SSSR count). The number of benzene rings is 2. The van der Waals surface area contributed by atoms with E-state index in [2.05, 4.69) is 4.99 Å². The summed E-state index contributed by atoms with van der Waals surface area (Å²) >= 11 is 0. The second-order valence-electron chi connectivity index (χ2n) is 5.60. The van der Waals surface area contributed by atoms with Crippen LogP contribution in [-0.4, -0.2) is 33.2 Å². The van der Waals surface area contributed by atoms with Crippen LogP contribution < -0.4 is 14.2 Å². The molecule has 2 aromatic rings. The van der Waals surface area contributed by atoms with Crippen molar-refractivity contribution in [1.29, 1.82) is 0 Å². The standard InChI is InChI=1S/C20H19NO5/c1-12-7-5-6-8-14(12)19-21-15(20(22)26-19)9-13-10-17(24-3)18(25-4)11-16(13)23-2/h5-11H,1-4H3/b15-9+. The SMILES string of the molecule is COc1cc(OC)c(OC)cc1/C=C1/N=C(c2ccccc2C)OC1=O. The number of nitrogens with zero attached hydrogens (tertiary/aromatic N) is 1. The summed E-state index contributed by atoms with van der Waals surface area (Å²) in [4.78, 5) is 16.6. The van der Waals surface area contributed by atoms with Gasteiger partial charge < -0.3 is 18.9 Å². The van der Waals surface area contributed by atoms with Gasteiger partial charge in [-0.25, -0.2) is 9.79 Å². The predicted octanol–water partition coefficient (Wildman–Crippen LogP) is 3.37. The van der Waals surface area contributed by atoms with Crippen molar-refractivity contribution in [2.45, 2.75) is 6.92 Å². The molecule has 26 heavy (non-hydrogen) atoms. The number of ether oxygens (including phenoxy) is 4. The molecule has 0 saturated carbocycles. The molecule has 0 unspecified atom stereocenters. The third-order valence-corrected chi connectivity index (χ3v) is 4.02. The van der Waals surface area contributed by atoms with Crippen LogP contribution in [0.1, 0.15) is 16.7 Å². The van der Waals surface area contributed by atoms with E-state index in [4.69, 9.17) is 18.9 Å². The first-order valence-electron chi connectivity index (χ1n) is 7.96. The van der Waals surface area contributed by atoms with Crippen LogP contribution in [0.15, 0.2) is 47.1 Å². The number of aliphatic imine (C=N–C) groups is 1. The summed E-state index contributed by atoms with van der Waals surface area (Å²) in [5.41, 5.74) is 2.58. The Morgan fingerprint density at radius 2 is 1.62 bits per heavy atom. The highest BCUT2D eigenvalue weighted by atomic mass is 16.6. The number of hydrogen-bond acceptors (Lipinski definition) is 6. The van der Waals surface area contributed by atoms with E-state index in [-0.39, 0.29) is 5.70 Å². The highest BCUT2D eigenvalue weighted by molar-refractivity contribution is 6.13. The van der Waals surface area contributed by atoms with Gasteiger partial charge in [0, 0.05) is 17.2 Å². The molecule has 0 radical (unpaired) electrons. The van der Waals surface area contributed by atoms with E-state index >= 15 is 0 Å². The maximum absolute atomic E-state index is 12.2. The lowest BCUT2D eigenvalue weighted by molar-refractivity contribution is -0.129. The van der Waals surface area contributed by atoms with Gasteiger partial charge in [0.2, 0.25) is 5.90 Å². The lowest BCUT2D eigenvalue weighted by Crippen LogP contribution is -2.06. The van der Waals surface area contributed by atoms with Crippen LogP contribution in [0.5, 0.6) is 17.2 Å². The van der Waals surface area contributed by atoms with Gasteiger partial charge in [-0.15, -0.1) is 0 Å². The molecule has 0 saturated heterocycles. The fraction of sp³-hybridized carbons (Fsp3) is 0.200. The summed E-state index contributed by atoms with van der Waals surface area (Å²) in [5, 5.41) is 0. The summed E-state index contributed by atoms with van der Waals surface area (Å²) in [6.45, 7) is 1.94. The fourth-order valence-corrected chi connectivity index (χ4v) is 2.65. The highest BCUT2D eigenvalue weighted by Gasteiger charge is 2.25. The lowest BCUT2D eigenvalue weighted by Gasteiger charge is -2.12. The average molecular weight is 353 g/mol. The Bertz CT molecular complexity index is 914. The summed E-state index contributed by atoms with van der Waals surface area (Å²) in [5.74, 6) is 1.36. The van der Waals surface area contributed by atoms with Crippen molar-refractivity contribution in [1.82, 2.24) is 0 Å². The van der Waals surface area contributed by atoms with Crippen molar-refractivity contribution in [2.75, 3.05) is 21.3 Å². The van der Waals surface area contributed by atoms with Crippen LogP contribution in [0.2, 0.25) is 0 Å². The Labute approximate surface area is 151 Å². The van der Waals surface area contributed by atoms with Crippen LogP contribution >= 0.6 is 0 Å². The van der Waals surface area contributed by atoms with Crippen LogP contribution in [0, 0.1) is 6.92 Å². The van der Waals surface area contributed by atoms with Crippen molar-refractivity contribution < 1.29 is 23.7 Å². The lowest BCUT2D eigenvalue weighted by atomic mass is 10.1. The van der Waals surface area contributed by atoms with Crippen LogP contribution in [0.3, 0.4) is 0 Å². The molecule has 0 bridgehead atoms. The van der Waals surface area contributed by atoms with Crippen molar-refractivity contribution >= 4 is 17.9 Å². The Hall–Kier alpha value is -3.28. The van der Waals surface area contributed by atoms with Gasteiger partial charge in [-0.05, 0) is 30.7 Å². The van der Waals surface area contributed by atoms with E-state index in [0.717, 1.165) is 11.1 Å². The summed E-state index contributed by atoms with van der Waals surface area (Å²) in [7, 11) is 4.63. The minimum Gasteiger partial charge on any atom is -0.496 e. The van der Waals surface area contributed by atoms with E-state index in [1.54, 1.807) is 32.4 Å². The molecule has 0 aliphatic carbocycles. The quantitative estimate of drug-likeness (QED) is 0.609. The minimum atomic E-state index is -0.514.